The number of hydrogen-bond acceptors (Lipinski definition) is 3. The third-order valence-electron chi connectivity index (χ3n) is 2.39. The van der Waals surface area contributed by atoms with Crippen molar-refractivity contribution in [1.82, 2.24) is 4.98 Å². The van der Waals surface area contributed by atoms with Gasteiger partial charge in [0, 0.05) is 18.3 Å². The fourth-order valence-electron chi connectivity index (χ4n) is 1.46. The summed E-state index contributed by atoms with van der Waals surface area (Å²) in [5, 5.41) is 3.31. The van der Waals surface area contributed by atoms with Crippen LogP contribution in [0.5, 0.6) is 0 Å². The van der Waals surface area contributed by atoms with Gasteiger partial charge in [0.1, 0.15) is 5.82 Å². The third-order valence-corrected chi connectivity index (χ3v) is 2.39. The summed E-state index contributed by atoms with van der Waals surface area (Å²) >= 11 is 0. The molecule has 0 unspecified atom stereocenters. The van der Waals surface area contributed by atoms with E-state index in [1.807, 2.05) is 6.20 Å². The lowest BCUT2D eigenvalue weighted by molar-refractivity contribution is 0.694. The number of aromatic nitrogens is 1. The Kier molecular flexibility index (Phi) is 4.09. The van der Waals surface area contributed by atoms with E-state index in [1.54, 1.807) is 0 Å². The quantitative estimate of drug-likeness (QED) is 0.798. The number of hydrogen-bond donors (Lipinski definition) is 2. The number of nitrogens with one attached hydrogen (secondary N) is 1. The standard InChI is InChI=1S/C12H21N3/c1-5-11(13)10-6-9(4)12(14-7-10)15-8(2)3/h6-8,11H,5,13H2,1-4H3,(H,14,15)/t11-/m0/s1. The lowest BCUT2D eigenvalue weighted by Gasteiger charge is -2.14. The van der Waals surface area contributed by atoms with E-state index in [4.69, 9.17) is 5.73 Å². The van der Waals surface area contributed by atoms with Crippen LogP contribution in [0.2, 0.25) is 0 Å². The Labute approximate surface area is 92.1 Å². The first kappa shape index (κ1) is 12.0. The second kappa shape index (κ2) is 5.12. The number of pyridine rings is 1. The highest BCUT2D eigenvalue weighted by Crippen LogP contribution is 2.18. The molecule has 0 spiro atoms. The number of rotatable bonds is 4. The van der Waals surface area contributed by atoms with Crippen LogP contribution in [0.25, 0.3) is 0 Å². The van der Waals surface area contributed by atoms with Crippen LogP contribution in [-0.4, -0.2) is 11.0 Å². The molecular weight excluding hydrogens is 186 g/mol. The fourth-order valence-corrected chi connectivity index (χ4v) is 1.46. The van der Waals surface area contributed by atoms with Crippen LogP contribution in [0.3, 0.4) is 0 Å². The summed E-state index contributed by atoms with van der Waals surface area (Å²) in [4.78, 5) is 4.40. The van der Waals surface area contributed by atoms with Crippen LogP contribution in [-0.2, 0) is 0 Å². The van der Waals surface area contributed by atoms with Gasteiger partial charge in [0.05, 0.1) is 0 Å². The molecule has 0 bridgehead atoms. The predicted octanol–water partition coefficient (Wildman–Crippen LogP) is 2.62. The van der Waals surface area contributed by atoms with Crippen molar-refractivity contribution in [2.75, 3.05) is 5.32 Å². The van der Waals surface area contributed by atoms with Gasteiger partial charge in [-0.05, 0) is 44.4 Å². The van der Waals surface area contributed by atoms with Crippen LogP contribution >= 0.6 is 0 Å². The largest absolute Gasteiger partial charge is 0.368 e. The molecule has 3 heteroatoms. The second-order valence-corrected chi connectivity index (χ2v) is 4.25. The van der Waals surface area contributed by atoms with E-state index in [0.29, 0.717) is 6.04 Å². The van der Waals surface area contributed by atoms with Crippen LogP contribution in [0.1, 0.15) is 44.4 Å². The first-order chi connectivity index (χ1) is 7.04. The first-order valence-corrected chi connectivity index (χ1v) is 5.53. The smallest absolute Gasteiger partial charge is 0.129 e. The van der Waals surface area contributed by atoms with Crippen molar-refractivity contribution in [1.29, 1.82) is 0 Å². The molecule has 84 valence electrons. The highest BCUT2D eigenvalue weighted by molar-refractivity contribution is 5.45. The minimum absolute atomic E-state index is 0.101. The Morgan fingerprint density at radius 2 is 2.13 bits per heavy atom. The van der Waals surface area contributed by atoms with E-state index in [0.717, 1.165) is 23.4 Å². The summed E-state index contributed by atoms with van der Waals surface area (Å²) in [6, 6.07) is 2.62. The van der Waals surface area contributed by atoms with Crippen LogP contribution < -0.4 is 11.1 Å². The Morgan fingerprint density at radius 3 is 2.60 bits per heavy atom. The highest BCUT2D eigenvalue weighted by atomic mass is 15.0. The summed E-state index contributed by atoms with van der Waals surface area (Å²) in [7, 11) is 0. The molecule has 1 atom stereocenters. The first-order valence-electron chi connectivity index (χ1n) is 5.53. The molecular formula is C12H21N3. The number of aryl methyl sites for hydroxylation is 1. The fraction of sp³-hybridized carbons (Fsp3) is 0.583. The minimum atomic E-state index is 0.101. The summed E-state index contributed by atoms with van der Waals surface area (Å²) in [5.41, 5.74) is 8.23. The van der Waals surface area contributed by atoms with Gasteiger partial charge in [0.25, 0.3) is 0 Å². The monoisotopic (exact) mass is 207 g/mol. The van der Waals surface area contributed by atoms with Gasteiger partial charge >= 0.3 is 0 Å². The highest BCUT2D eigenvalue weighted by Gasteiger charge is 2.07. The molecule has 1 aromatic heterocycles. The summed E-state index contributed by atoms with van der Waals surface area (Å²) in [6.45, 7) is 8.35. The lowest BCUT2D eigenvalue weighted by atomic mass is 10.1. The molecule has 3 N–H and O–H groups in total. The Balaban J connectivity index is 2.88. The van der Waals surface area contributed by atoms with Crippen molar-refractivity contribution in [3.05, 3.63) is 23.4 Å². The molecule has 0 fully saturated rings. The molecule has 0 radical (unpaired) electrons. The average Bonchev–Trinajstić information content (AvgIpc) is 2.19. The number of nitrogens with two attached hydrogens (primary N) is 1. The molecule has 0 amide bonds. The summed E-state index contributed by atoms with van der Waals surface area (Å²) in [5.74, 6) is 0.956. The zero-order valence-corrected chi connectivity index (χ0v) is 10.0. The van der Waals surface area contributed by atoms with E-state index in [1.165, 1.54) is 0 Å². The zero-order chi connectivity index (χ0) is 11.4. The van der Waals surface area contributed by atoms with E-state index in [-0.39, 0.29) is 6.04 Å². The van der Waals surface area contributed by atoms with Crippen molar-refractivity contribution in [2.24, 2.45) is 5.73 Å². The van der Waals surface area contributed by atoms with Crippen LogP contribution in [0.15, 0.2) is 12.3 Å². The Hall–Kier alpha value is -1.09. The SMILES string of the molecule is CC[C@H](N)c1cnc(NC(C)C)c(C)c1. The summed E-state index contributed by atoms with van der Waals surface area (Å²) < 4.78 is 0. The second-order valence-electron chi connectivity index (χ2n) is 4.25. The predicted molar refractivity (Wildman–Crippen MR) is 65.0 cm³/mol. The van der Waals surface area contributed by atoms with Gasteiger partial charge in [-0.25, -0.2) is 4.98 Å². The zero-order valence-electron chi connectivity index (χ0n) is 10.0. The van der Waals surface area contributed by atoms with Gasteiger partial charge in [0.15, 0.2) is 0 Å². The average molecular weight is 207 g/mol. The topological polar surface area (TPSA) is 50.9 Å². The molecule has 0 aliphatic heterocycles. The van der Waals surface area contributed by atoms with Crippen molar-refractivity contribution in [3.8, 4) is 0 Å². The van der Waals surface area contributed by atoms with E-state index < -0.39 is 0 Å². The molecule has 1 aromatic rings. The Bertz CT molecular complexity index is 321. The van der Waals surface area contributed by atoms with Crippen molar-refractivity contribution >= 4 is 5.82 Å². The Morgan fingerprint density at radius 1 is 1.47 bits per heavy atom. The maximum atomic E-state index is 5.95. The summed E-state index contributed by atoms with van der Waals surface area (Å²) in [6.07, 6.45) is 2.81. The van der Waals surface area contributed by atoms with Gasteiger partial charge in [-0.2, -0.15) is 0 Å². The van der Waals surface area contributed by atoms with E-state index in [9.17, 15) is 0 Å². The van der Waals surface area contributed by atoms with Crippen molar-refractivity contribution in [2.45, 2.75) is 46.2 Å². The molecule has 15 heavy (non-hydrogen) atoms. The normalized spacial score (nSPS) is 12.9. The van der Waals surface area contributed by atoms with Gasteiger partial charge in [-0.1, -0.05) is 6.92 Å². The lowest BCUT2D eigenvalue weighted by Crippen LogP contribution is -2.14. The molecule has 1 heterocycles. The van der Waals surface area contributed by atoms with Gasteiger partial charge < -0.3 is 11.1 Å². The van der Waals surface area contributed by atoms with E-state index >= 15 is 0 Å². The minimum Gasteiger partial charge on any atom is -0.368 e. The molecule has 0 aromatic carbocycles. The van der Waals surface area contributed by atoms with Gasteiger partial charge in [0.2, 0.25) is 0 Å². The molecule has 0 aliphatic rings. The molecule has 0 saturated carbocycles. The van der Waals surface area contributed by atoms with Crippen molar-refractivity contribution < 1.29 is 0 Å². The maximum Gasteiger partial charge on any atom is 0.129 e. The maximum absolute atomic E-state index is 5.95. The van der Waals surface area contributed by atoms with Crippen molar-refractivity contribution in [3.63, 3.8) is 0 Å². The third kappa shape index (κ3) is 3.20. The number of anilines is 1. The molecule has 0 saturated heterocycles. The number of nitrogens with zero attached hydrogens (tertiary/aromatic N) is 1. The molecule has 0 aliphatic carbocycles. The van der Waals surface area contributed by atoms with Crippen LogP contribution in [0.4, 0.5) is 5.82 Å². The van der Waals surface area contributed by atoms with Crippen LogP contribution in [0, 0.1) is 6.92 Å². The van der Waals surface area contributed by atoms with Gasteiger partial charge in [-0.3, -0.25) is 0 Å². The molecule has 1 rings (SSSR count). The van der Waals surface area contributed by atoms with Gasteiger partial charge in [-0.15, -0.1) is 0 Å². The molecule has 3 nitrogen and oxygen atoms in total. The van der Waals surface area contributed by atoms with E-state index in [2.05, 4.69) is 44.1 Å².